The fourth-order valence-electron chi connectivity index (χ4n) is 4.68. The second-order valence-corrected chi connectivity index (χ2v) is 8.87. The Bertz CT molecular complexity index is 1090. The minimum atomic E-state index is -0.410. The van der Waals surface area contributed by atoms with Crippen molar-refractivity contribution in [2.45, 2.75) is 32.1 Å². The summed E-state index contributed by atoms with van der Waals surface area (Å²) < 4.78 is 0. The van der Waals surface area contributed by atoms with Crippen LogP contribution in [0.4, 0.5) is 0 Å². The standard InChI is InChI=1S/C24H22N2O2S/c1-3-26-23(27)19-17(15-11-9-14(2)10-12-15)13-18-21(20(19)24(26)28)29-22(25-18)16-7-5-4-6-8-16/h4-12,17,19-20H,3,13H2,1-2H3/t17-,19+,20+/m0/s1. The lowest BCUT2D eigenvalue weighted by Crippen LogP contribution is -2.32. The molecule has 0 unspecified atom stereocenters. The molecule has 3 aromatic rings. The molecule has 0 spiro atoms. The van der Waals surface area contributed by atoms with Gasteiger partial charge in [0.1, 0.15) is 5.01 Å². The van der Waals surface area contributed by atoms with Crippen molar-refractivity contribution in [1.29, 1.82) is 0 Å². The first kappa shape index (κ1) is 18.3. The number of carbonyl (C=O) groups excluding carboxylic acids is 2. The number of amides is 2. The van der Waals surface area contributed by atoms with Crippen molar-refractivity contribution < 1.29 is 9.59 Å². The maximum atomic E-state index is 13.2. The van der Waals surface area contributed by atoms with Crippen molar-refractivity contribution in [2.24, 2.45) is 5.92 Å². The van der Waals surface area contributed by atoms with E-state index in [1.54, 1.807) is 11.3 Å². The van der Waals surface area contributed by atoms with Crippen molar-refractivity contribution >= 4 is 23.2 Å². The monoisotopic (exact) mass is 402 g/mol. The molecule has 1 saturated heterocycles. The molecule has 1 aliphatic carbocycles. The number of hydrogen-bond donors (Lipinski definition) is 0. The van der Waals surface area contributed by atoms with Gasteiger partial charge in [-0.3, -0.25) is 14.5 Å². The van der Waals surface area contributed by atoms with Crippen molar-refractivity contribution in [1.82, 2.24) is 9.88 Å². The van der Waals surface area contributed by atoms with E-state index in [9.17, 15) is 9.59 Å². The fourth-order valence-corrected chi connectivity index (χ4v) is 5.91. The summed E-state index contributed by atoms with van der Waals surface area (Å²) in [5.41, 5.74) is 4.33. The molecule has 1 fully saturated rings. The Balaban J connectivity index is 1.64. The molecule has 2 aromatic carbocycles. The van der Waals surface area contributed by atoms with Gasteiger partial charge in [0.15, 0.2) is 0 Å². The van der Waals surface area contributed by atoms with Crippen LogP contribution in [0.3, 0.4) is 0 Å². The Hall–Kier alpha value is -2.79. The second-order valence-electron chi connectivity index (χ2n) is 7.84. The molecular formula is C24H22N2O2S. The highest BCUT2D eigenvalue weighted by Gasteiger charge is 2.55. The summed E-state index contributed by atoms with van der Waals surface area (Å²) in [6.45, 7) is 4.35. The van der Waals surface area contributed by atoms with Gasteiger partial charge < -0.3 is 0 Å². The predicted octanol–water partition coefficient (Wildman–Crippen LogP) is 4.55. The molecule has 2 aliphatic rings. The summed E-state index contributed by atoms with van der Waals surface area (Å²) in [5.74, 6) is -0.863. The first-order chi connectivity index (χ1) is 14.1. The molecule has 29 heavy (non-hydrogen) atoms. The highest BCUT2D eigenvalue weighted by molar-refractivity contribution is 7.15. The minimum Gasteiger partial charge on any atom is -0.282 e. The highest BCUT2D eigenvalue weighted by Crippen LogP contribution is 2.52. The zero-order chi connectivity index (χ0) is 20.1. The Morgan fingerprint density at radius 3 is 2.45 bits per heavy atom. The van der Waals surface area contributed by atoms with Crippen LogP contribution in [0.1, 0.15) is 40.5 Å². The maximum Gasteiger partial charge on any atom is 0.238 e. The first-order valence-corrected chi connectivity index (χ1v) is 10.9. The van der Waals surface area contributed by atoms with E-state index in [-0.39, 0.29) is 23.7 Å². The van der Waals surface area contributed by atoms with Crippen LogP contribution in [0.25, 0.3) is 10.6 Å². The van der Waals surface area contributed by atoms with Crippen LogP contribution in [-0.2, 0) is 16.0 Å². The third-order valence-corrected chi connectivity index (χ3v) is 7.37. The third-order valence-electron chi connectivity index (χ3n) is 6.14. The van der Waals surface area contributed by atoms with Gasteiger partial charge >= 0.3 is 0 Å². The molecule has 1 aromatic heterocycles. The SMILES string of the molecule is CCN1C(=O)[C@@H]2[C@H](c3ccc(C)cc3)Cc3nc(-c4ccccc4)sc3[C@@H]2C1=O. The molecule has 3 atom stereocenters. The van der Waals surface area contributed by atoms with Crippen LogP contribution in [-0.4, -0.2) is 28.2 Å². The predicted molar refractivity (Wildman–Crippen MR) is 114 cm³/mol. The number of thiazole rings is 1. The molecule has 2 amide bonds. The molecule has 4 nitrogen and oxygen atoms in total. The number of carbonyl (C=O) groups is 2. The van der Waals surface area contributed by atoms with Gasteiger partial charge in [-0.05, 0) is 25.8 Å². The number of hydrogen-bond acceptors (Lipinski definition) is 4. The number of nitrogens with zero attached hydrogens (tertiary/aromatic N) is 2. The Kier molecular flexibility index (Phi) is 4.36. The van der Waals surface area contributed by atoms with E-state index in [2.05, 4.69) is 31.2 Å². The number of likely N-dealkylation sites (tertiary alicyclic amines) is 1. The quantitative estimate of drug-likeness (QED) is 0.604. The smallest absolute Gasteiger partial charge is 0.238 e. The molecule has 2 heterocycles. The summed E-state index contributed by atoms with van der Waals surface area (Å²) in [5, 5.41) is 0.925. The summed E-state index contributed by atoms with van der Waals surface area (Å²) >= 11 is 1.57. The minimum absolute atomic E-state index is 0.0215. The van der Waals surface area contributed by atoms with E-state index in [4.69, 9.17) is 4.98 Å². The fraction of sp³-hybridized carbons (Fsp3) is 0.292. The first-order valence-electron chi connectivity index (χ1n) is 10.0. The van der Waals surface area contributed by atoms with Crippen LogP contribution in [0.15, 0.2) is 54.6 Å². The number of aromatic nitrogens is 1. The molecule has 0 N–H and O–H groups in total. The van der Waals surface area contributed by atoms with Gasteiger partial charge in [-0.2, -0.15) is 0 Å². The summed E-state index contributed by atoms with van der Waals surface area (Å²) in [6, 6.07) is 18.4. The molecular weight excluding hydrogens is 380 g/mol. The van der Waals surface area contributed by atoms with E-state index in [1.165, 1.54) is 10.5 Å². The van der Waals surface area contributed by atoms with E-state index >= 15 is 0 Å². The lowest BCUT2D eigenvalue weighted by molar-refractivity contribution is -0.139. The van der Waals surface area contributed by atoms with Crippen LogP contribution < -0.4 is 0 Å². The zero-order valence-electron chi connectivity index (χ0n) is 16.5. The number of rotatable bonds is 3. The normalized spacial score (nSPS) is 23.2. The molecule has 1 aliphatic heterocycles. The average Bonchev–Trinajstić information content (AvgIpc) is 3.27. The van der Waals surface area contributed by atoms with Crippen LogP contribution in [0.2, 0.25) is 0 Å². The van der Waals surface area contributed by atoms with Gasteiger partial charge in [0.25, 0.3) is 0 Å². The van der Waals surface area contributed by atoms with E-state index in [0.29, 0.717) is 13.0 Å². The molecule has 0 bridgehead atoms. The molecule has 5 heteroatoms. The van der Waals surface area contributed by atoms with Gasteiger partial charge in [0, 0.05) is 22.9 Å². The lowest BCUT2D eigenvalue weighted by atomic mass is 9.72. The van der Waals surface area contributed by atoms with Crippen molar-refractivity contribution in [3.63, 3.8) is 0 Å². The Morgan fingerprint density at radius 2 is 1.76 bits per heavy atom. The largest absolute Gasteiger partial charge is 0.282 e. The van der Waals surface area contributed by atoms with E-state index in [0.717, 1.165) is 26.7 Å². The van der Waals surface area contributed by atoms with Gasteiger partial charge in [0.05, 0.1) is 17.5 Å². The molecule has 0 radical (unpaired) electrons. The van der Waals surface area contributed by atoms with Gasteiger partial charge in [-0.15, -0.1) is 11.3 Å². The Morgan fingerprint density at radius 1 is 1.03 bits per heavy atom. The maximum absolute atomic E-state index is 13.2. The van der Waals surface area contributed by atoms with Crippen LogP contribution >= 0.6 is 11.3 Å². The van der Waals surface area contributed by atoms with E-state index in [1.807, 2.05) is 37.3 Å². The summed E-state index contributed by atoms with van der Waals surface area (Å²) in [6.07, 6.45) is 0.694. The van der Waals surface area contributed by atoms with Crippen LogP contribution in [0, 0.1) is 12.8 Å². The highest BCUT2D eigenvalue weighted by atomic mass is 32.1. The number of fused-ring (bicyclic) bond motifs is 3. The molecule has 0 saturated carbocycles. The topological polar surface area (TPSA) is 50.3 Å². The van der Waals surface area contributed by atoms with Gasteiger partial charge in [-0.1, -0.05) is 60.2 Å². The van der Waals surface area contributed by atoms with Crippen molar-refractivity contribution in [2.75, 3.05) is 6.54 Å². The second kappa shape index (κ2) is 6.92. The van der Waals surface area contributed by atoms with Gasteiger partial charge in [-0.25, -0.2) is 4.98 Å². The molecule has 146 valence electrons. The van der Waals surface area contributed by atoms with Gasteiger partial charge in [0.2, 0.25) is 11.8 Å². The van der Waals surface area contributed by atoms with Crippen molar-refractivity contribution in [3.8, 4) is 10.6 Å². The third kappa shape index (κ3) is 2.84. The number of imide groups is 1. The zero-order valence-corrected chi connectivity index (χ0v) is 17.3. The number of aryl methyl sites for hydroxylation is 1. The van der Waals surface area contributed by atoms with Crippen LogP contribution in [0.5, 0.6) is 0 Å². The lowest BCUT2D eigenvalue weighted by Gasteiger charge is -2.30. The number of benzene rings is 2. The average molecular weight is 403 g/mol. The summed E-state index contributed by atoms with van der Waals surface area (Å²) in [4.78, 5) is 33.8. The number of likely N-dealkylation sites (N-methyl/N-ethyl adjacent to an activating group) is 1. The molecule has 5 rings (SSSR count). The van der Waals surface area contributed by atoms with Crippen molar-refractivity contribution in [3.05, 3.63) is 76.3 Å². The van der Waals surface area contributed by atoms with E-state index < -0.39 is 5.92 Å². The Labute approximate surface area is 174 Å². The summed E-state index contributed by atoms with van der Waals surface area (Å²) in [7, 11) is 0.